The zero-order valence-corrected chi connectivity index (χ0v) is 12.9. The van der Waals surface area contributed by atoms with Crippen molar-refractivity contribution in [2.24, 2.45) is 0 Å². The van der Waals surface area contributed by atoms with Crippen LogP contribution in [0.3, 0.4) is 0 Å². The van der Waals surface area contributed by atoms with Crippen molar-refractivity contribution in [1.29, 1.82) is 0 Å². The Kier molecular flexibility index (Phi) is 3.27. The van der Waals surface area contributed by atoms with Crippen molar-refractivity contribution >= 4 is 29.3 Å². The highest BCUT2D eigenvalue weighted by atomic mass is 32.2. The molecule has 2 aromatic carbocycles. The molecule has 0 spiro atoms. The molecule has 1 fully saturated rings. The summed E-state index contributed by atoms with van der Waals surface area (Å²) >= 11 is 1.61. The van der Waals surface area contributed by atoms with Crippen molar-refractivity contribution in [2.75, 3.05) is 11.1 Å². The molecule has 2 aliphatic rings. The van der Waals surface area contributed by atoms with Gasteiger partial charge in [-0.05, 0) is 35.9 Å². The van der Waals surface area contributed by atoms with Crippen LogP contribution < -0.4 is 5.32 Å². The number of thioether (sulfide) groups is 1. The molecule has 2 heterocycles. The van der Waals surface area contributed by atoms with Crippen LogP contribution in [0.4, 0.5) is 5.69 Å². The Bertz CT molecular complexity index is 791. The van der Waals surface area contributed by atoms with Gasteiger partial charge in [-0.25, -0.2) is 0 Å². The molecule has 0 aromatic heterocycles. The second-order valence-electron chi connectivity index (χ2n) is 5.54. The molecule has 0 saturated carbocycles. The highest BCUT2D eigenvalue weighted by molar-refractivity contribution is 7.99. The number of nitrogens with one attached hydrogen (secondary N) is 1. The van der Waals surface area contributed by atoms with Crippen LogP contribution in [-0.2, 0) is 4.79 Å². The van der Waals surface area contributed by atoms with Crippen LogP contribution in [0.1, 0.15) is 21.3 Å². The van der Waals surface area contributed by atoms with Crippen LogP contribution in [0.5, 0.6) is 5.75 Å². The summed E-state index contributed by atoms with van der Waals surface area (Å²) in [5.41, 5.74) is 2.28. The van der Waals surface area contributed by atoms with Crippen molar-refractivity contribution in [3.8, 4) is 5.75 Å². The van der Waals surface area contributed by atoms with E-state index in [1.165, 1.54) is 12.1 Å². The van der Waals surface area contributed by atoms with Crippen LogP contribution in [0, 0.1) is 0 Å². The summed E-state index contributed by atoms with van der Waals surface area (Å²) in [4.78, 5) is 26.8. The first-order chi connectivity index (χ1) is 11.1. The van der Waals surface area contributed by atoms with Crippen LogP contribution in [-0.4, -0.2) is 33.6 Å². The summed E-state index contributed by atoms with van der Waals surface area (Å²) in [5.74, 6) is 0.437. The lowest BCUT2D eigenvalue weighted by atomic mass is 10.1. The summed E-state index contributed by atoms with van der Waals surface area (Å²) in [5, 5.41) is 12.0. The fraction of sp³-hybridized carbons (Fsp3) is 0.176. The first-order valence-corrected chi connectivity index (χ1v) is 8.33. The number of phenols is 1. The van der Waals surface area contributed by atoms with Gasteiger partial charge < -0.3 is 15.3 Å². The van der Waals surface area contributed by atoms with Gasteiger partial charge in [0.1, 0.15) is 17.2 Å². The number of carbonyl (C=O) groups excluding carboxylic acids is 2. The molecule has 2 aromatic rings. The van der Waals surface area contributed by atoms with Crippen molar-refractivity contribution in [2.45, 2.75) is 11.4 Å². The monoisotopic (exact) mass is 326 g/mol. The largest absolute Gasteiger partial charge is 0.508 e. The van der Waals surface area contributed by atoms with E-state index in [4.69, 9.17) is 0 Å². The molecule has 2 N–H and O–H groups in total. The number of hydrogen-bond donors (Lipinski definition) is 2. The molecule has 2 atom stereocenters. The lowest BCUT2D eigenvalue weighted by molar-refractivity contribution is -0.119. The fourth-order valence-corrected chi connectivity index (χ4v) is 4.48. The molecule has 0 radical (unpaired) electrons. The molecule has 1 saturated heterocycles. The first-order valence-electron chi connectivity index (χ1n) is 7.28. The highest BCUT2D eigenvalue weighted by Crippen LogP contribution is 2.48. The van der Waals surface area contributed by atoms with Gasteiger partial charge in [-0.3, -0.25) is 9.59 Å². The average molecular weight is 326 g/mol. The van der Waals surface area contributed by atoms with E-state index >= 15 is 0 Å². The number of amides is 2. The SMILES string of the molecule is O=C(Nc1ccc(O)cc1)C1CSC2c3ccccc3C(=O)N12. The van der Waals surface area contributed by atoms with Crippen molar-refractivity contribution in [3.05, 3.63) is 59.7 Å². The third kappa shape index (κ3) is 2.26. The van der Waals surface area contributed by atoms with Crippen LogP contribution in [0.25, 0.3) is 0 Å². The third-order valence-electron chi connectivity index (χ3n) is 4.13. The number of anilines is 1. The zero-order chi connectivity index (χ0) is 16.0. The summed E-state index contributed by atoms with van der Waals surface area (Å²) in [6.45, 7) is 0. The van der Waals surface area contributed by atoms with E-state index < -0.39 is 6.04 Å². The van der Waals surface area contributed by atoms with Crippen molar-refractivity contribution in [3.63, 3.8) is 0 Å². The molecule has 5 nitrogen and oxygen atoms in total. The minimum atomic E-state index is -0.487. The summed E-state index contributed by atoms with van der Waals surface area (Å²) < 4.78 is 0. The van der Waals surface area contributed by atoms with Crippen LogP contribution in [0.2, 0.25) is 0 Å². The summed E-state index contributed by atoms with van der Waals surface area (Å²) in [6, 6.07) is 13.3. The van der Waals surface area contributed by atoms with Crippen LogP contribution >= 0.6 is 11.8 Å². The predicted octanol–water partition coefficient (Wildman–Crippen LogP) is 2.60. The molecular weight excluding hydrogens is 312 g/mol. The van der Waals surface area contributed by atoms with Crippen LogP contribution in [0.15, 0.2) is 48.5 Å². The number of nitrogens with zero attached hydrogens (tertiary/aromatic N) is 1. The molecule has 2 aliphatic heterocycles. The molecule has 116 valence electrons. The fourth-order valence-electron chi connectivity index (χ4n) is 3.01. The van der Waals surface area contributed by atoms with Gasteiger partial charge in [-0.15, -0.1) is 11.8 Å². The average Bonchev–Trinajstić information content (AvgIpc) is 3.11. The number of aromatic hydroxyl groups is 1. The number of benzene rings is 2. The minimum absolute atomic E-state index is 0.0748. The van der Waals surface area contributed by atoms with E-state index in [1.807, 2.05) is 24.3 Å². The van der Waals surface area contributed by atoms with Gasteiger partial charge in [-0.1, -0.05) is 18.2 Å². The summed E-state index contributed by atoms with van der Waals surface area (Å²) in [7, 11) is 0. The zero-order valence-electron chi connectivity index (χ0n) is 12.1. The lowest BCUT2D eigenvalue weighted by Gasteiger charge is -2.22. The van der Waals surface area contributed by atoms with Gasteiger partial charge in [0.25, 0.3) is 5.91 Å². The van der Waals surface area contributed by atoms with Gasteiger partial charge in [-0.2, -0.15) is 0 Å². The number of rotatable bonds is 2. The Morgan fingerprint density at radius 3 is 2.70 bits per heavy atom. The van der Waals surface area contributed by atoms with Crippen molar-refractivity contribution in [1.82, 2.24) is 4.90 Å². The van der Waals surface area contributed by atoms with Crippen molar-refractivity contribution < 1.29 is 14.7 Å². The predicted molar refractivity (Wildman–Crippen MR) is 88.3 cm³/mol. The Balaban J connectivity index is 1.56. The number of fused-ring (bicyclic) bond motifs is 3. The Morgan fingerprint density at radius 2 is 1.91 bits per heavy atom. The number of phenolic OH excluding ortho intramolecular Hbond substituents is 1. The molecule has 23 heavy (non-hydrogen) atoms. The molecule has 4 rings (SSSR count). The number of hydrogen-bond acceptors (Lipinski definition) is 4. The first kappa shape index (κ1) is 14.1. The van der Waals surface area contributed by atoms with E-state index in [9.17, 15) is 14.7 Å². The van der Waals surface area contributed by atoms with E-state index in [2.05, 4.69) is 5.32 Å². The van der Waals surface area contributed by atoms with E-state index in [0.717, 1.165) is 5.56 Å². The summed E-state index contributed by atoms with van der Waals surface area (Å²) in [6.07, 6.45) is 0. The molecule has 6 heteroatoms. The van der Waals surface area contributed by atoms with E-state index in [1.54, 1.807) is 28.8 Å². The second kappa shape index (κ2) is 5.31. The van der Waals surface area contributed by atoms with Gasteiger partial charge >= 0.3 is 0 Å². The van der Waals surface area contributed by atoms with E-state index in [0.29, 0.717) is 17.0 Å². The molecule has 2 amide bonds. The van der Waals surface area contributed by atoms with E-state index in [-0.39, 0.29) is 22.9 Å². The van der Waals surface area contributed by atoms with Gasteiger partial charge in [0.15, 0.2) is 0 Å². The van der Waals surface area contributed by atoms with Gasteiger partial charge in [0, 0.05) is 17.0 Å². The minimum Gasteiger partial charge on any atom is -0.508 e. The molecular formula is C17H14N2O3S. The molecule has 0 aliphatic carbocycles. The Labute approximate surface area is 137 Å². The quantitative estimate of drug-likeness (QED) is 0.832. The van der Waals surface area contributed by atoms with Gasteiger partial charge in [0.2, 0.25) is 5.91 Å². The molecule has 2 unspecified atom stereocenters. The standard InChI is InChI=1S/C17H14N2O3S/c20-11-7-5-10(6-8-11)18-15(21)14-9-23-17-13-4-2-1-3-12(13)16(22)19(14)17/h1-8,14,17,20H,9H2,(H,18,21). The Morgan fingerprint density at radius 1 is 1.17 bits per heavy atom. The number of carbonyl (C=O) groups is 2. The van der Waals surface area contributed by atoms with Gasteiger partial charge in [0.05, 0.1) is 0 Å². The molecule has 0 bridgehead atoms. The normalized spacial score (nSPS) is 21.9. The maximum atomic E-state index is 12.6. The smallest absolute Gasteiger partial charge is 0.256 e. The second-order valence-corrected chi connectivity index (χ2v) is 6.65. The highest BCUT2D eigenvalue weighted by Gasteiger charge is 2.48. The lowest BCUT2D eigenvalue weighted by Crippen LogP contribution is -2.42. The maximum Gasteiger partial charge on any atom is 0.256 e. The maximum absolute atomic E-state index is 12.6. The third-order valence-corrected chi connectivity index (χ3v) is 5.43. The topological polar surface area (TPSA) is 69.6 Å². The Hall–Kier alpha value is -2.47.